The van der Waals surface area contributed by atoms with Gasteiger partial charge in [0.2, 0.25) is 6.19 Å². The zero-order chi connectivity index (χ0) is 26.2. The molecule has 5 rings (SSSR count). The molecular formula is C26H12F6N4. The average molecular weight is 494 g/mol. The van der Waals surface area contributed by atoms with Crippen molar-refractivity contribution in [2.24, 2.45) is 10.1 Å². The monoisotopic (exact) mass is 494 g/mol. The van der Waals surface area contributed by atoms with E-state index in [2.05, 4.69) is 15.0 Å². The summed E-state index contributed by atoms with van der Waals surface area (Å²) < 4.78 is 82.7. The number of hydrogen-bond acceptors (Lipinski definition) is 3. The van der Waals surface area contributed by atoms with Gasteiger partial charge in [0.15, 0.2) is 5.36 Å². The summed E-state index contributed by atoms with van der Waals surface area (Å²) in [6.45, 7) is 10.2. The fraction of sp³-hybridized carbons (Fsp3) is 0.154. The zero-order valence-corrected chi connectivity index (χ0v) is 18.5. The number of hydrogen-bond donors (Lipinski definition) is 0. The fourth-order valence-electron chi connectivity index (χ4n) is 5.01. The lowest BCUT2D eigenvalue weighted by atomic mass is 10.0. The maximum absolute atomic E-state index is 14.1. The molecular weight excluding hydrogens is 482 g/mol. The van der Waals surface area contributed by atoms with E-state index in [-0.39, 0.29) is 48.6 Å². The minimum atomic E-state index is -4.72. The summed E-state index contributed by atoms with van der Waals surface area (Å²) in [5, 5.41) is 14.5. The number of nitriles is 1. The van der Waals surface area contributed by atoms with E-state index in [0.717, 1.165) is 18.2 Å². The summed E-state index contributed by atoms with van der Waals surface area (Å²) in [6, 6.07) is 7.27. The highest BCUT2D eigenvalue weighted by molar-refractivity contribution is 6.22. The zero-order valence-electron chi connectivity index (χ0n) is 18.5. The van der Waals surface area contributed by atoms with Crippen molar-refractivity contribution in [2.45, 2.75) is 26.2 Å². The van der Waals surface area contributed by atoms with Crippen molar-refractivity contribution in [3.8, 4) is 6.19 Å². The number of halogens is 6. The summed E-state index contributed by atoms with van der Waals surface area (Å²) in [4.78, 5) is 6.79. The molecule has 5 aromatic carbocycles. The van der Waals surface area contributed by atoms with E-state index in [9.17, 15) is 31.6 Å². The van der Waals surface area contributed by atoms with Crippen LogP contribution in [0.15, 0.2) is 46.5 Å². The Balaban J connectivity index is 2.12. The van der Waals surface area contributed by atoms with Gasteiger partial charge in [-0.1, -0.05) is 0 Å². The van der Waals surface area contributed by atoms with E-state index in [1.807, 2.05) is 0 Å². The van der Waals surface area contributed by atoms with Crippen molar-refractivity contribution in [3.63, 3.8) is 0 Å². The van der Waals surface area contributed by atoms with Crippen molar-refractivity contribution >= 4 is 43.1 Å². The third-order valence-electron chi connectivity index (χ3n) is 6.28. The van der Waals surface area contributed by atoms with Crippen LogP contribution in [0.2, 0.25) is 0 Å². The molecule has 4 nitrogen and oxygen atoms in total. The van der Waals surface area contributed by atoms with Crippen molar-refractivity contribution < 1.29 is 26.3 Å². The molecule has 0 aliphatic carbocycles. The van der Waals surface area contributed by atoms with Crippen LogP contribution in [0.1, 0.15) is 22.3 Å². The SMILES string of the molecule is [C-]#[N+]/N=c1/c2cc3c(cc2c2c(C(F)(F)F)cc(C)cc12)/c(=N/C#N)c1cc(C(F)(F)F)cc(C)c13. The predicted molar refractivity (Wildman–Crippen MR) is 122 cm³/mol. The predicted octanol–water partition coefficient (Wildman–Crippen LogP) is 6.95. The van der Waals surface area contributed by atoms with Gasteiger partial charge in [-0.15, -0.1) is 4.95 Å². The molecule has 0 radical (unpaired) electrons. The molecule has 0 heterocycles. The summed E-state index contributed by atoms with van der Waals surface area (Å²) in [6.07, 6.45) is -7.78. The van der Waals surface area contributed by atoms with Gasteiger partial charge in [0.25, 0.3) is 0 Å². The first-order valence-electron chi connectivity index (χ1n) is 10.4. The Bertz CT molecular complexity index is 1960. The minimum Gasteiger partial charge on any atom is -0.181 e. The van der Waals surface area contributed by atoms with Crippen molar-refractivity contribution in [1.29, 1.82) is 5.26 Å². The first-order chi connectivity index (χ1) is 16.9. The second kappa shape index (κ2) is 7.53. The first kappa shape index (κ1) is 23.3. The van der Waals surface area contributed by atoms with E-state index < -0.39 is 23.5 Å². The molecule has 5 aromatic rings. The van der Waals surface area contributed by atoms with Crippen LogP contribution >= 0.6 is 0 Å². The molecule has 0 bridgehead atoms. The molecule has 0 aliphatic rings. The topological polar surface area (TPSA) is 52.9 Å². The highest BCUT2D eigenvalue weighted by atomic mass is 19.4. The Kier molecular flexibility index (Phi) is 4.87. The van der Waals surface area contributed by atoms with Gasteiger partial charge in [-0.25, -0.2) is 0 Å². The van der Waals surface area contributed by atoms with Gasteiger partial charge in [0, 0.05) is 26.9 Å². The van der Waals surface area contributed by atoms with Gasteiger partial charge < -0.3 is 0 Å². The van der Waals surface area contributed by atoms with Crippen molar-refractivity contribution in [1.82, 2.24) is 0 Å². The Morgan fingerprint density at radius 3 is 1.94 bits per heavy atom. The van der Waals surface area contributed by atoms with E-state index in [1.54, 1.807) is 6.19 Å². The number of aryl methyl sites for hydroxylation is 2. The third kappa shape index (κ3) is 3.29. The van der Waals surface area contributed by atoms with Gasteiger partial charge in [-0.2, -0.15) is 43.2 Å². The molecule has 0 saturated carbocycles. The Morgan fingerprint density at radius 1 is 0.750 bits per heavy atom. The smallest absolute Gasteiger partial charge is 0.181 e. The lowest BCUT2D eigenvalue weighted by Crippen LogP contribution is -2.07. The van der Waals surface area contributed by atoms with E-state index in [4.69, 9.17) is 6.57 Å². The fourth-order valence-corrected chi connectivity index (χ4v) is 5.01. The van der Waals surface area contributed by atoms with Gasteiger partial charge in [-0.05, 0) is 77.5 Å². The number of benzene rings is 3. The Morgan fingerprint density at radius 2 is 1.36 bits per heavy atom. The highest BCUT2D eigenvalue weighted by Gasteiger charge is 2.35. The molecule has 0 amide bonds. The molecule has 0 atom stereocenters. The van der Waals surface area contributed by atoms with Gasteiger partial charge >= 0.3 is 12.4 Å². The van der Waals surface area contributed by atoms with Crippen LogP contribution < -0.4 is 10.7 Å². The van der Waals surface area contributed by atoms with Crippen molar-refractivity contribution in [2.75, 3.05) is 0 Å². The van der Waals surface area contributed by atoms with Crippen LogP contribution in [0.4, 0.5) is 26.3 Å². The molecule has 10 heteroatoms. The maximum Gasteiger partial charge on any atom is 0.417 e. The standard InChI is InChI=1S/C26H12F6N4/c1-11-4-18-22(20(5-11)26(30,31)32)15-9-16-14(8-17(15)24(18)36-34-3)21-12(2)6-13(25(27,28)29)7-19(21)23(16)35-10-33/h4-9H,1-2H3/b35-23-,36-24-. The molecule has 36 heavy (non-hydrogen) atoms. The first-order valence-corrected chi connectivity index (χ1v) is 10.4. The van der Waals surface area contributed by atoms with Gasteiger partial charge in [0.1, 0.15) is 0 Å². The largest absolute Gasteiger partial charge is 0.417 e. The van der Waals surface area contributed by atoms with Crippen LogP contribution in [0, 0.1) is 31.9 Å². The molecule has 0 saturated heterocycles. The minimum absolute atomic E-state index is 0.0452. The third-order valence-corrected chi connectivity index (χ3v) is 6.28. The van der Waals surface area contributed by atoms with E-state index >= 15 is 0 Å². The molecule has 0 fully saturated rings. The Labute approximate surface area is 198 Å². The van der Waals surface area contributed by atoms with Crippen LogP contribution in [0.3, 0.4) is 0 Å². The van der Waals surface area contributed by atoms with Crippen LogP contribution in [0.25, 0.3) is 48.0 Å². The second-order valence-electron chi connectivity index (χ2n) is 8.50. The quantitative estimate of drug-likeness (QED) is 0.0995. The van der Waals surface area contributed by atoms with Crippen molar-refractivity contribution in [3.05, 3.63) is 80.9 Å². The molecule has 0 aliphatic heterocycles. The molecule has 0 spiro atoms. The molecule has 0 aromatic heterocycles. The lowest BCUT2D eigenvalue weighted by Gasteiger charge is -2.10. The second-order valence-corrected chi connectivity index (χ2v) is 8.50. The van der Waals surface area contributed by atoms with Gasteiger partial charge in [-0.3, -0.25) is 0 Å². The summed E-state index contributed by atoms with van der Waals surface area (Å²) in [5.41, 5.74) is -1.26. The summed E-state index contributed by atoms with van der Waals surface area (Å²) in [7, 11) is 0. The van der Waals surface area contributed by atoms with Crippen LogP contribution in [0.5, 0.6) is 0 Å². The number of nitrogens with zero attached hydrogens (tertiary/aromatic N) is 4. The maximum atomic E-state index is 14.1. The van der Waals surface area contributed by atoms with Gasteiger partial charge in [0.05, 0.1) is 21.6 Å². The summed E-state index contributed by atoms with van der Waals surface area (Å²) in [5.74, 6) is 0. The Hall–Kier alpha value is -4.44. The van der Waals surface area contributed by atoms with E-state index in [1.165, 1.54) is 32.0 Å². The normalized spacial score (nSPS) is 13.8. The molecule has 0 unspecified atom stereocenters. The summed E-state index contributed by atoms with van der Waals surface area (Å²) >= 11 is 0. The number of alkyl halides is 6. The number of rotatable bonds is 0. The van der Waals surface area contributed by atoms with Crippen LogP contribution in [-0.4, -0.2) is 0 Å². The average Bonchev–Trinajstić information content (AvgIpc) is 3.24. The van der Waals surface area contributed by atoms with E-state index in [0.29, 0.717) is 16.3 Å². The molecule has 178 valence electrons. The molecule has 0 N–H and O–H groups in total. The number of fused-ring (bicyclic) bond motifs is 6. The van der Waals surface area contributed by atoms with Crippen LogP contribution in [-0.2, 0) is 12.4 Å². The lowest BCUT2D eigenvalue weighted by molar-refractivity contribution is -0.137. The highest BCUT2D eigenvalue weighted by Crippen LogP contribution is 2.41.